The van der Waals surface area contributed by atoms with Crippen molar-refractivity contribution < 1.29 is 4.74 Å². The Bertz CT molecular complexity index is 587. The highest BCUT2D eigenvalue weighted by Crippen LogP contribution is 2.46. The molecule has 3 rings (SSSR count). The predicted molar refractivity (Wildman–Crippen MR) is 73.3 cm³/mol. The molecule has 0 N–H and O–H groups in total. The van der Waals surface area contributed by atoms with Gasteiger partial charge in [0.05, 0.1) is 0 Å². The van der Waals surface area contributed by atoms with Gasteiger partial charge in [0.1, 0.15) is 19.3 Å². The Labute approximate surface area is 103 Å². The van der Waals surface area contributed by atoms with Crippen LogP contribution in [0.25, 0.3) is 0 Å². The van der Waals surface area contributed by atoms with E-state index in [2.05, 4.69) is 52.0 Å². The second kappa shape index (κ2) is 3.40. The van der Waals surface area contributed by atoms with Crippen LogP contribution in [0.5, 0.6) is 11.5 Å². The van der Waals surface area contributed by atoms with Gasteiger partial charge in [-0.3, -0.25) is 0 Å². The van der Waals surface area contributed by atoms with Crippen LogP contribution >= 0.6 is 0 Å². The van der Waals surface area contributed by atoms with Gasteiger partial charge in [-0.25, -0.2) is 0 Å². The van der Waals surface area contributed by atoms with Gasteiger partial charge in [0.2, 0.25) is 0 Å². The van der Waals surface area contributed by atoms with Crippen LogP contribution in [0.2, 0.25) is 0 Å². The zero-order chi connectivity index (χ0) is 12.0. The quantitative estimate of drug-likeness (QED) is 0.622. The smallest absolute Gasteiger partial charge is 0.139 e. The maximum Gasteiger partial charge on any atom is 0.139 e. The average Bonchev–Trinajstić information content (AvgIpc) is 2.31. The van der Waals surface area contributed by atoms with Crippen molar-refractivity contribution in [2.75, 3.05) is 0 Å². The SMILES string of the molecule is Bc1ccc2c(c1)C(C)(C)c1ccccc1O2. The third-order valence-corrected chi connectivity index (χ3v) is 3.59. The number of benzene rings is 2. The number of fused-ring (bicyclic) bond motifs is 2. The van der Waals surface area contributed by atoms with Crippen LogP contribution in [0.4, 0.5) is 0 Å². The molecule has 1 nitrogen and oxygen atoms in total. The monoisotopic (exact) mass is 222 g/mol. The predicted octanol–water partition coefficient (Wildman–Crippen LogP) is 2.38. The first-order valence-electron chi connectivity index (χ1n) is 5.97. The van der Waals surface area contributed by atoms with Gasteiger partial charge in [-0.2, -0.15) is 0 Å². The van der Waals surface area contributed by atoms with Crippen molar-refractivity contribution in [1.82, 2.24) is 0 Å². The summed E-state index contributed by atoms with van der Waals surface area (Å²) in [6.45, 7) is 4.51. The van der Waals surface area contributed by atoms with Crippen molar-refractivity contribution >= 4 is 13.3 Å². The molecule has 17 heavy (non-hydrogen) atoms. The van der Waals surface area contributed by atoms with Crippen molar-refractivity contribution in [3.05, 3.63) is 53.6 Å². The van der Waals surface area contributed by atoms with Crippen LogP contribution in [-0.2, 0) is 5.41 Å². The van der Waals surface area contributed by atoms with Gasteiger partial charge in [-0.15, -0.1) is 0 Å². The number of ether oxygens (including phenoxy) is 1. The molecule has 0 unspecified atom stereocenters. The van der Waals surface area contributed by atoms with E-state index in [0.717, 1.165) is 11.5 Å². The Morgan fingerprint density at radius 2 is 1.65 bits per heavy atom. The highest BCUT2D eigenvalue weighted by Gasteiger charge is 2.33. The fourth-order valence-corrected chi connectivity index (χ4v) is 2.56. The third kappa shape index (κ3) is 1.48. The molecule has 1 aliphatic rings. The van der Waals surface area contributed by atoms with E-state index in [-0.39, 0.29) is 5.41 Å². The van der Waals surface area contributed by atoms with Gasteiger partial charge < -0.3 is 4.74 Å². The molecule has 2 aromatic carbocycles. The topological polar surface area (TPSA) is 9.23 Å². The molecular weight excluding hydrogens is 207 g/mol. The van der Waals surface area contributed by atoms with Crippen molar-refractivity contribution in [1.29, 1.82) is 0 Å². The van der Waals surface area contributed by atoms with Crippen LogP contribution in [-0.4, -0.2) is 7.85 Å². The number of rotatable bonds is 0. The molecule has 2 heteroatoms. The maximum absolute atomic E-state index is 5.97. The minimum atomic E-state index is 0.0101. The molecule has 0 bridgehead atoms. The molecule has 1 aliphatic heterocycles. The average molecular weight is 222 g/mol. The summed E-state index contributed by atoms with van der Waals surface area (Å²) < 4.78 is 5.97. The molecule has 0 fully saturated rings. The lowest BCUT2D eigenvalue weighted by atomic mass is 9.74. The lowest BCUT2D eigenvalue weighted by Gasteiger charge is -2.34. The lowest BCUT2D eigenvalue weighted by Crippen LogP contribution is -2.25. The first-order chi connectivity index (χ1) is 8.09. The van der Waals surface area contributed by atoms with Gasteiger partial charge in [0, 0.05) is 16.5 Å². The molecule has 2 aromatic rings. The number of para-hydroxylation sites is 1. The first-order valence-corrected chi connectivity index (χ1v) is 5.97. The Morgan fingerprint density at radius 3 is 2.47 bits per heavy atom. The van der Waals surface area contributed by atoms with Crippen LogP contribution in [0.15, 0.2) is 42.5 Å². The Hall–Kier alpha value is -1.70. The summed E-state index contributed by atoms with van der Waals surface area (Å²) in [5.74, 6) is 1.97. The fraction of sp³-hybridized carbons (Fsp3) is 0.200. The highest BCUT2D eigenvalue weighted by molar-refractivity contribution is 6.32. The van der Waals surface area contributed by atoms with E-state index in [1.165, 1.54) is 16.6 Å². The molecule has 0 radical (unpaired) electrons. The number of hydrogen-bond donors (Lipinski definition) is 0. The van der Waals surface area contributed by atoms with Crippen LogP contribution in [0, 0.1) is 0 Å². The van der Waals surface area contributed by atoms with E-state index in [9.17, 15) is 0 Å². The van der Waals surface area contributed by atoms with Crippen molar-refractivity contribution in [2.24, 2.45) is 0 Å². The van der Waals surface area contributed by atoms with Crippen molar-refractivity contribution in [3.8, 4) is 11.5 Å². The molecule has 0 saturated carbocycles. The molecular formula is C15H15BO. The molecule has 0 amide bonds. The summed E-state index contributed by atoms with van der Waals surface area (Å²) in [6.07, 6.45) is 0. The second-order valence-corrected chi connectivity index (χ2v) is 5.22. The van der Waals surface area contributed by atoms with Gasteiger partial charge in [0.25, 0.3) is 0 Å². The summed E-state index contributed by atoms with van der Waals surface area (Å²) >= 11 is 0. The molecule has 0 spiro atoms. The third-order valence-electron chi connectivity index (χ3n) is 3.59. The normalized spacial score (nSPS) is 15.6. The molecule has 0 atom stereocenters. The van der Waals surface area contributed by atoms with E-state index >= 15 is 0 Å². The Balaban J connectivity index is 2.27. The summed E-state index contributed by atoms with van der Waals surface area (Å²) in [7, 11) is 2.12. The maximum atomic E-state index is 5.97. The Morgan fingerprint density at radius 1 is 0.941 bits per heavy atom. The largest absolute Gasteiger partial charge is 0.457 e. The summed E-state index contributed by atoms with van der Waals surface area (Å²) in [5.41, 5.74) is 3.82. The zero-order valence-electron chi connectivity index (χ0n) is 10.4. The summed E-state index contributed by atoms with van der Waals surface area (Å²) in [6, 6.07) is 14.7. The first kappa shape index (κ1) is 10.5. The standard InChI is InChI=1S/C15H15BO/c1-15(2)11-5-3-4-6-13(11)17-14-8-7-10(16)9-12(14)15/h3-9H,16H2,1-2H3. The molecule has 0 aliphatic carbocycles. The number of hydrogen-bond acceptors (Lipinski definition) is 1. The zero-order valence-corrected chi connectivity index (χ0v) is 10.4. The lowest BCUT2D eigenvalue weighted by molar-refractivity contribution is 0.418. The molecule has 84 valence electrons. The Kier molecular flexibility index (Phi) is 2.09. The molecule has 0 saturated heterocycles. The van der Waals surface area contributed by atoms with Crippen LogP contribution in [0.1, 0.15) is 25.0 Å². The second-order valence-electron chi connectivity index (χ2n) is 5.22. The van der Waals surface area contributed by atoms with E-state index in [4.69, 9.17) is 4.74 Å². The van der Waals surface area contributed by atoms with Crippen molar-refractivity contribution in [2.45, 2.75) is 19.3 Å². The van der Waals surface area contributed by atoms with Crippen molar-refractivity contribution in [3.63, 3.8) is 0 Å². The fourth-order valence-electron chi connectivity index (χ4n) is 2.56. The van der Waals surface area contributed by atoms with Gasteiger partial charge >= 0.3 is 0 Å². The van der Waals surface area contributed by atoms with E-state index in [1.54, 1.807) is 0 Å². The minimum Gasteiger partial charge on any atom is -0.457 e. The van der Waals surface area contributed by atoms with Crippen LogP contribution in [0.3, 0.4) is 0 Å². The van der Waals surface area contributed by atoms with Gasteiger partial charge in [-0.1, -0.05) is 49.6 Å². The molecule has 0 aromatic heterocycles. The molecule has 1 heterocycles. The van der Waals surface area contributed by atoms with Crippen LogP contribution < -0.4 is 10.2 Å². The summed E-state index contributed by atoms with van der Waals surface area (Å²) in [4.78, 5) is 0. The summed E-state index contributed by atoms with van der Waals surface area (Å²) in [5, 5.41) is 0. The van der Waals surface area contributed by atoms with Gasteiger partial charge in [-0.05, 0) is 12.1 Å². The van der Waals surface area contributed by atoms with E-state index < -0.39 is 0 Å². The van der Waals surface area contributed by atoms with E-state index in [1.807, 2.05) is 12.1 Å². The minimum absolute atomic E-state index is 0.0101. The van der Waals surface area contributed by atoms with Gasteiger partial charge in [0.15, 0.2) is 0 Å². The van der Waals surface area contributed by atoms with E-state index in [0.29, 0.717) is 0 Å². The highest BCUT2D eigenvalue weighted by atomic mass is 16.5.